The molecule has 1 aliphatic heterocycles. The maximum Gasteiger partial charge on any atom is 0.331 e. The van der Waals surface area contributed by atoms with Gasteiger partial charge in [0.15, 0.2) is 0 Å². The number of nitrogens with zero attached hydrogens (tertiary/aromatic N) is 1. The monoisotopic (exact) mass is 488 g/mol. The van der Waals surface area contributed by atoms with E-state index in [0.717, 1.165) is 16.3 Å². The first-order chi connectivity index (χ1) is 12.7. The van der Waals surface area contributed by atoms with Crippen molar-refractivity contribution in [2.24, 2.45) is 0 Å². The second-order valence-electron chi connectivity index (χ2n) is 6.27. The van der Waals surface area contributed by atoms with Gasteiger partial charge in [-0.2, -0.15) is 0 Å². The largest absolute Gasteiger partial charge is 0.394 e. The van der Waals surface area contributed by atoms with E-state index in [4.69, 9.17) is 4.74 Å². The van der Waals surface area contributed by atoms with Crippen LogP contribution in [0.2, 0.25) is 0 Å². The van der Waals surface area contributed by atoms with Crippen molar-refractivity contribution in [2.75, 3.05) is 6.61 Å². The molecule has 1 aromatic heterocycles. The fourth-order valence-corrected chi connectivity index (χ4v) is 3.47. The molecule has 0 aliphatic carbocycles. The summed E-state index contributed by atoms with van der Waals surface area (Å²) in [4.78, 5) is 39.5. The van der Waals surface area contributed by atoms with Gasteiger partial charge in [0.1, 0.15) is 18.3 Å². The third kappa shape index (κ3) is 3.17. The van der Waals surface area contributed by atoms with Crippen LogP contribution in [0.25, 0.3) is 0 Å². The quantitative estimate of drug-likeness (QED) is 0.323. The van der Waals surface area contributed by atoms with Gasteiger partial charge in [0.2, 0.25) is 11.5 Å². The van der Waals surface area contributed by atoms with Crippen molar-refractivity contribution in [3.05, 3.63) is 66.0 Å². The van der Waals surface area contributed by atoms with Crippen LogP contribution in [0.5, 0.6) is 0 Å². The average molecular weight is 488 g/mol. The number of benzene rings is 1. The van der Waals surface area contributed by atoms with Gasteiger partial charge in [-0.05, 0) is 29.5 Å². The minimum absolute atomic E-state index is 0.0704. The van der Waals surface area contributed by atoms with E-state index in [0.29, 0.717) is 0 Å². The highest BCUT2D eigenvalue weighted by Crippen LogP contribution is 2.37. The lowest BCUT2D eigenvalue weighted by Crippen LogP contribution is -2.56. The zero-order chi connectivity index (χ0) is 19.9. The highest BCUT2D eigenvalue weighted by molar-refractivity contribution is 14.1. The molecule has 0 unspecified atom stereocenters. The third-order valence-corrected chi connectivity index (χ3v) is 5.28. The van der Waals surface area contributed by atoms with Gasteiger partial charge < -0.3 is 20.1 Å². The summed E-state index contributed by atoms with van der Waals surface area (Å²) in [5, 5.41) is 30.3. The molecule has 1 saturated heterocycles. The van der Waals surface area contributed by atoms with Crippen molar-refractivity contribution >= 4 is 28.4 Å². The molecule has 10 heteroatoms. The Bertz CT molecular complexity index is 984. The van der Waals surface area contributed by atoms with Gasteiger partial charge in [0.05, 0.1) is 10.2 Å². The molecular weight excluding hydrogens is 471 g/mol. The maximum atomic E-state index is 13.3. The summed E-state index contributed by atoms with van der Waals surface area (Å²) in [6, 6.07) is 6.33. The Labute approximate surface area is 166 Å². The van der Waals surface area contributed by atoms with Gasteiger partial charge in [-0.3, -0.25) is 19.1 Å². The molecule has 4 atom stereocenters. The Balaban J connectivity index is 2.27. The lowest BCUT2D eigenvalue weighted by atomic mass is 9.93. The van der Waals surface area contributed by atoms with Crippen LogP contribution in [0.3, 0.4) is 0 Å². The molecule has 0 spiro atoms. The second-order valence-corrected chi connectivity index (χ2v) is 7.43. The first-order valence-electron chi connectivity index (χ1n) is 8.00. The van der Waals surface area contributed by atoms with Crippen LogP contribution >= 0.6 is 22.6 Å². The van der Waals surface area contributed by atoms with Gasteiger partial charge in [-0.25, -0.2) is 4.79 Å². The van der Waals surface area contributed by atoms with E-state index in [1.165, 1.54) is 12.1 Å². The number of halogens is 1. The fraction of sp³-hybridized carbons (Fsp3) is 0.353. The molecule has 144 valence electrons. The van der Waals surface area contributed by atoms with E-state index in [1.54, 1.807) is 34.7 Å². The Morgan fingerprint density at radius 1 is 1.30 bits per heavy atom. The van der Waals surface area contributed by atoms with Gasteiger partial charge in [-0.1, -0.05) is 29.8 Å². The number of nitrogens with one attached hydrogen (secondary N) is 1. The Hall–Kier alpha value is -1.86. The summed E-state index contributed by atoms with van der Waals surface area (Å²) in [6.07, 6.45) is -3.71. The number of ether oxygens (including phenoxy) is 1. The third-order valence-electron chi connectivity index (χ3n) is 4.51. The number of hydrogen-bond acceptors (Lipinski definition) is 7. The van der Waals surface area contributed by atoms with Gasteiger partial charge >= 0.3 is 5.69 Å². The molecule has 1 fully saturated rings. The molecule has 27 heavy (non-hydrogen) atoms. The summed E-state index contributed by atoms with van der Waals surface area (Å²) in [7, 11) is 0. The molecule has 0 bridgehead atoms. The molecule has 2 heterocycles. The number of rotatable bonds is 4. The van der Waals surface area contributed by atoms with Crippen molar-refractivity contribution in [3.8, 4) is 0 Å². The fourth-order valence-electron chi connectivity index (χ4n) is 3.05. The number of aryl methyl sites for hydroxylation is 1. The predicted molar refractivity (Wildman–Crippen MR) is 101 cm³/mol. The molecular formula is C17H17IN2O7. The van der Waals surface area contributed by atoms with E-state index >= 15 is 0 Å². The summed E-state index contributed by atoms with van der Waals surface area (Å²) in [6.45, 7) is 1.14. The number of aromatic nitrogens is 2. The number of Topliss-reactive ketones (excluding diaryl/α,β-unsaturated/α-hetero) is 1. The minimum Gasteiger partial charge on any atom is -0.394 e. The smallest absolute Gasteiger partial charge is 0.331 e. The van der Waals surface area contributed by atoms with Crippen molar-refractivity contribution in [3.63, 3.8) is 0 Å². The second kappa shape index (κ2) is 7.28. The zero-order valence-corrected chi connectivity index (χ0v) is 16.3. The van der Waals surface area contributed by atoms with E-state index < -0.39 is 47.7 Å². The number of carbonyl (C=O) groups excluding carboxylic acids is 1. The lowest BCUT2D eigenvalue weighted by Gasteiger charge is -2.32. The standard InChI is InChI=1S/C17H17IN2O7/c1-8-2-4-9(5-3-8)13(23)17(14(24)12(22)11(7-21)27-17)20-6-10(18)15(25)19-16(20)26/h2-6,11-12,14,21-22,24H,7H2,1H3,(H,19,25,26)/t11-,12-,14-,17-/m1/s1. The van der Waals surface area contributed by atoms with E-state index in [-0.39, 0.29) is 9.13 Å². The van der Waals surface area contributed by atoms with Crippen LogP contribution in [0.15, 0.2) is 40.1 Å². The number of aliphatic hydroxyl groups is 3. The van der Waals surface area contributed by atoms with Crippen molar-refractivity contribution < 1.29 is 24.9 Å². The normalized spacial score (nSPS) is 27.7. The number of aromatic amines is 1. The molecule has 4 N–H and O–H groups in total. The number of H-pyrrole nitrogens is 1. The van der Waals surface area contributed by atoms with E-state index in [1.807, 2.05) is 11.9 Å². The lowest BCUT2D eigenvalue weighted by molar-refractivity contribution is -0.118. The minimum atomic E-state index is -2.34. The van der Waals surface area contributed by atoms with E-state index in [2.05, 4.69) is 0 Å². The number of carbonyl (C=O) groups is 1. The molecule has 0 radical (unpaired) electrons. The van der Waals surface area contributed by atoms with Crippen molar-refractivity contribution in [2.45, 2.75) is 31.0 Å². The molecule has 1 aromatic carbocycles. The zero-order valence-electron chi connectivity index (χ0n) is 14.1. The Morgan fingerprint density at radius 2 is 1.93 bits per heavy atom. The predicted octanol–water partition coefficient (Wildman–Crippen LogP) is -0.902. The van der Waals surface area contributed by atoms with Crippen LogP contribution in [0.4, 0.5) is 0 Å². The number of aliphatic hydroxyl groups excluding tert-OH is 3. The summed E-state index contributed by atoms with van der Waals surface area (Å²) < 4.78 is 6.39. The molecule has 1 aliphatic rings. The molecule has 9 nitrogen and oxygen atoms in total. The molecule has 0 saturated carbocycles. The Kier molecular flexibility index (Phi) is 5.36. The number of hydrogen-bond donors (Lipinski definition) is 4. The van der Waals surface area contributed by atoms with Crippen LogP contribution in [-0.4, -0.2) is 55.6 Å². The van der Waals surface area contributed by atoms with Gasteiger partial charge in [0.25, 0.3) is 5.56 Å². The van der Waals surface area contributed by atoms with Crippen LogP contribution < -0.4 is 11.2 Å². The first kappa shape index (κ1) is 19.9. The molecule has 3 rings (SSSR count). The highest BCUT2D eigenvalue weighted by atomic mass is 127. The highest BCUT2D eigenvalue weighted by Gasteiger charge is 2.60. The molecule has 0 amide bonds. The first-order valence-corrected chi connectivity index (χ1v) is 9.08. The average Bonchev–Trinajstić information content (AvgIpc) is 2.90. The topological polar surface area (TPSA) is 142 Å². The van der Waals surface area contributed by atoms with Crippen LogP contribution in [-0.2, 0) is 10.5 Å². The summed E-state index contributed by atoms with van der Waals surface area (Å²) >= 11 is 1.67. The summed E-state index contributed by atoms with van der Waals surface area (Å²) in [5.74, 6) is -0.796. The Morgan fingerprint density at radius 3 is 2.48 bits per heavy atom. The number of ketones is 1. The van der Waals surface area contributed by atoms with Gasteiger partial charge in [0, 0.05) is 11.8 Å². The van der Waals surface area contributed by atoms with Crippen LogP contribution in [0, 0.1) is 10.5 Å². The van der Waals surface area contributed by atoms with Crippen LogP contribution in [0.1, 0.15) is 15.9 Å². The van der Waals surface area contributed by atoms with Crippen molar-refractivity contribution in [1.29, 1.82) is 0 Å². The maximum absolute atomic E-state index is 13.3. The molecule has 2 aromatic rings. The van der Waals surface area contributed by atoms with Crippen molar-refractivity contribution in [1.82, 2.24) is 9.55 Å². The SMILES string of the molecule is Cc1ccc(C(=O)[C@@]2(n3cc(I)c(=O)[nH]c3=O)O[C@H](CO)[C@@H](O)[C@H]2O)cc1. The van der Waals surface area contributed by atoms with Gasteiger partial charge in [-0.15, -0.1) is 0 Å². The summed E-state index contributed by atoms with van der Waals surface area (Å²) in [5.41, 5.74) is -2.99. The van der Waals surface area contributed by atoms with E-state index in [9.17, 15) is 29.7 Å².